The number of ether oxygens (including phenoxy) is 1. The Morgan fingerprint density at radius 2 is 1.95 bits per heavy atom. The third-order valence-electron chi connectivity index (χ3n) is 3.25. The molecule has 0 fully saturated rings. The highest BCUT2D eigenvalue weighted by molar-refractivity contribution is 5.46. The van der Waals surface area contributed by atoms with E-state index in [1.165, 1.54) is 6.07 Å². The van der Waals surface area contributed by atoms with E-state index in [0.29, 0.717) is 12.3 Å². The van der Waals surface area contributed by atoms with Crippen molar-refractivity contribution in [1.29, 1.82) is 0 Å². The Hall–Kier alpha value is -2.23. The fourth-order valence-corrected chi connectivity index (χ4v) is 2.19. The minimum Gasteiger partial charge on any atom is -0.493 e. The standard InChI is InChI=1S/C17H21FN2O/c1-2-20(16-8-3-6-14(18)12-16)10-5-11-21-17-9-4-7-15(19)13-17/h3-4,6-9,12-13H,2,5,10-11,19H2,1H3. The van der Waals surface area contributed by atoms with Gasteiger partial charge in [-0.3, -0.25) is 0 Å². The summed E-state index contributed by atoms with van der Waals surface area (Å²) in [4.78, 5) is 2.13. The number of benzene rings is 2. The zero-order valence-electron chi connectivity index (χ0n) is 12.3. The number of nitrogens with two attached hydrogens (primary N) is 1. The van der Waals surface area contributed by atoms with Gasteiger partial charge in [0.25, 0.3) is 0 Å². The summed E-state index contributed by atoms with van der Waals surface area (Å²) in [5.41, 5.74) is 7.30. The molecule has 2 rings (SSSR count). The van der Waals surface area contributed by atoms with E-state index in [4.69, 9.17) is 10.5 Å². The van der Waals surface area contributed by atoms with Crippen LogP contribution in [0.3, 0.4) is 0 Å². The zero-order chi connectivity index (χ0) is 15.1. The van der Waals surface area contributed by atoms with Crippen molar-refractivity contribution >= 4 is 11.4 Å². The minimum atomic E-state index is -0.207. The van der Waals surface area contributed by atoms with Crippen molar-refractivity contribution < 1.29 is 9.13 Å². The van der Waals surface area contributed by atoms with Crippen LogP contribution < -0.4 is 15.4 Å². The summed E-state index contributed by atoms with van der Waals surface area (Å²) >= 11 is 0. The number of nitrogen functional groups attached to an aromatic ring is 1. The fourth-order valence-electron chi connectivity index (χ4n) is 2.19. The average Bonchev–Trinajstić information content (AvgIpc) is 2.47. The predicted octanol–water partition coefficient (Wildman–Crippen LogP) is 3.70. The van der Waals surface area contributed by atoms with Crippen LogP contribution in [-0.4, -0.2) is 19.7 Å². The van der Waals surface area contributed by atoms with Crippen LogP contribution in [0.2, 0.25) is 0 Å². The molecule has 0 bridgehead atoms. The molecule has 0 radical (unpaired) electrons. The number of anilines is 2. The van der Waals surface area contributed by atoms with Gasteiger partial charge in [0, 0.05) is 30.5 Å². The third-order valence-corrected chi connectivity index (χ3v) is 3.25. The van der Waals surface area contributed by atoms with E-state index in [0.717, 1.165) is 30.9 Å². The zero-order valence-corrected chi connectivity index (χ0v) is 12.3. The lowest BCUT2D eigenvalue weighted by Gasteiger charge is -2.23. The molecule has 4 heteroatoms. The Kier molecular flexibility index (Phi) is 5.43. The van der Waals surface area contributed by atoms with Gasteiger partial charge in [-0.1, -0.05) is 12.1 Å². The molecule has 0 amide bonds. The highest BCUT2D eigenvalue weighted by Crippen LogP contribution is 2.17. The highest BCUT2D eigenvalue weighted by atomic mass is 19.1. The van der Waals surface area contributed by atoms with Crippen LogP contribution in [0.5, 0.6) is 5.75 Å². The Bertz CT molecular complexity index is 574. The minimum absolute atomic E-state index is 0.207. The molecule has 0 saturated heterocycles. The summed E-state index contributed by atoms with van der Waals surface area (Å²) in [6.45, 7) is 4.32. The molecular weight excluding hydrogens is 267 g/mol. The van der Waals surface area contributed by atoms with E-state index in [-0.39, 0.29) is 5.82 Å². The molecule has 0 saturated carbocycles. The predicted molar refractivity (Wildman–Crippen MR) is 85.3 cm³/mol. The van der Waals surface area contributed by atoms with Crippen LogP contribution >= 0.6 is 0 Å². The molecule has 3 nitrogen and oxygen atoms in total. The number of rotatable bonds is 7. The highest BCUT2D eigenvalue weighted by Gasteiger charge is 2.05. The summed E-state index contributed by atoms with van der Waals surface area (Å²) in [5, 5.41) is 0. The molecule has 0 aliphatic carbocycles. The van der Waals surface area contributed by atoms with E-state index >= 15 is 0 Å². The molecule has 2 N–H and O–H groups in total. The van der Waals surface area contributed by atoms with Crippen molar-refractivity contribution in [3.8, 4) is 5.75 Å². The lowest BCUT2D eigenvalue weighted by molar-refractivity contribution is 0.312. The summed E-state index contributed by atoms with van der Waals surface area (Å²) < 4.78 is 18.9. The fraction of sp³-hybridized carbons (Fsp3) is 0.294. The van der Waals surface area contributed by atoms with Gasteiger partial charge in [-0.05, 0) is 43.7 Å². The van der Waals surface area contributed by atoms with Crippen LogP contribution in [0.25, 0.3) is 0 Å². The van der Waals surface area contributed by atoms with E-state index < -0.39 is 0 Å². The van der Waals surface area contributed by atoms with Crippen LogP contribution in [0.4, 0.5) is 15.8 Å². The summed E-state index contributed by atoms with van der Waals surface area (Å²) in [7, 11) is 0. The second-order valence-corrected chi connectivity index (χ2v) is 4.83. The molecule has 0 spiro atoms. The Labute approximate surface area is 125 Å². The average molecular weight is 288 g/mol. The van der Waals surface area contributed by atoms with Gasteiger partial charge in [-0.25, -0.2) is 4.39 Å². The first-order valence-electron chi connectivity index (χ1n) is 7.18. The number of hydrogen-bond donors (Lipinski definition) is 1. The van der Waals surface area contributed by atoms with Crippen molar-refractivity contribution in [2.45, 2.75) is 13.3 Å². The molecule has 0 aliphatic rings. The first kappa shape index (κ1) is 15.2. The lowest BCUT2D eigenvalue weighted by Crippen LogP contribution is -2.25. The molecule has 0 heterocycles. The molecule has 2 aromatic carbocycles. The first-order valence-corrected chi connectivity index (χ1v) is 7.18. The van der Waals surface area contributed by atoms with Gasteiger partial charge in [0.1, 0.15) is 11.6 Å². The summed E-state index contributed by atoms with van der Waals surface area (Å²) in [6, 6.07) is 14.1. The molecule has 2 aromatic rings. The Morgan fingerprint density at radius 1 is 1.14 bits per heavy atom. The van der Waals surface area contributed by atoms with E-state index in [2.05, 4.69) is 11.8 Å². The maximum Gasteiger partial charge on any atom is 0.125 e. The molecule has 0 atom stereocenters. The molecule has 0 aromatic heterocycles. The Morgan fingerprint density at radius 3 is 2.67 bits per heavy atom. The maximum absolute atomic E-state index is 13.2. The first-order chi connectivity index (χ1) is 10.2. The smallest absolute Gasteiger partial charge is 0.125 e. The number of nitrogens with zero attached hydrogens (tertiary/aromatic N) is 1. The largest absolute Gasteiger partial charge is 0.493 e. The van der Waals surface area contributed by atoms with Gasteiger partial charge >= 0.3 is 0 Å². The van der Waals surface area contributed by atoms with Gasteiger partial charge in [0.05, 0.1) is 6.61 Å². The van der Waals surface area contributed by atoms with Gasteiger partial charge < -0.3 is 15.4 Å². The van der Waals surface area contributed by atoms with Crippen molar-refractivity contribution in [1.82, 2.24) is 0 Å². The van der Waals surface area contributed by atoms with Crippen LogP contribution in [0, 0.1) is 5.82 Å². The van der Waals surface area contributed by atoms with Crippen molar-refractivity contribution in [3.05, 3.63) is 54.3 Å². The van der Waals surface area contributed by atoms with Gasteiger partial charge in [-0.2, -0.15) is 0 Å². The Balaban J connectivity index is 1.81. The van der Waals surface area contributed by atoms with Gasteiger partial charge in [0.2, 0.25) is 0 Å². The normalized spacial score (nSPS) is 10.4. The van der Waals surface area contributed by atoms with Crippen molar-refractivity contribution in [2.75, 3.05) is 30.3 Å². The van der Waals surface area contributed by atoms with Gasteiger partial charge in [-0.15, -0.1) is 0 Å². The second-order valence-electron chi connectivity index (χ2n) is 4.83. The second kappa shape index (κ2) is 7.53. The molecular formula is C17H21FN2O. The SMILES string of the molecule is CCN(CCCOc1cccc(N)c1)c1cccc(F)c1. The van der Waals surface area contributed by atoms with Crippen molar-refractivity contribution in [3.63, 3.8) is 0 Å². The topological polar surface area (TPSA) is 38.5 Å². The van der Waals surface area contributed by atoms with Crippen LogP contribution in [-0.2, 0) is 0 Å². The molecule has 0 unspecified atom stereocenters. The summed E-state index contributed by atoms with van der Waals surface area (Å²) in [5.74, 6) is 0.575. The van der Waals surface area contributed by atoms with Crippen LogP contribution in [0.1, 0.15) is 13.3 Å². The van der Waals surface area contributed by atoms with Crippen molar-refractivity contribution in [2.24, 2.45) is 0 Å². The monoisotopic (exact) mass is 288 g/mol. The molecule has 0 aliphatic heterocycles. The van der Waals surface area contributed by atoms with E-state index in [9.17, 15) is 4.39 Å². The third kappa shape index (κ3) is 4.67. The molecule has 21 heavy (non-hydrogen) atoms. The lowest BCUT2D eigenvalue weighted by atomic mass is 10.2. The van der Waals surface area contributed by atoms with E-state index in [1.54, 1.807) is 12.1 Å². The number of hydrogen-bond acceptors (Lipinski definition) is 3. The van der Waals surface area contributed by atoms with E-state index in [1.807, 2.05) is 30.3 Å². The maximum atomic E-state index is 13.2. The van der Waals surface area contributed by atoms with Gasteiger partial charge in [0.15, 0.2) is 0 Å². The molecule has 112 valence electrons. The quantitative estimate of drug-likeness (QED) is 0.623. The summed E-state index contributed by atoms with van der Waals surface area (Å²) in [6.07, 6.45) is 0.860. The number of halogens is 1. The van der Waals surface area contributed by atoms with Crippen LogP contribution in [0.15, 0.2) is 48.5 Å².